The van der Waals surface area contributed by atoms with Crippen LogP contribution in [0.2, 0.25) is 0 Å². The van der Waals surface area contributed by atoms with Gasteiger partial charge in [-0.05, 0) is 24.6 Å². The molecule has 0 spiro atoms. The van der Waals surface area contributed by atoms with Crippen molar-refractivity contribution in [2.75, 3.05) is 21.3 Å². The van der Waals surface area contributed by atoms with Gasteiger partial charge in [-0.1, -0.05) is 12.1 Å². The van der Waals surface area contributed by atoms with E-state index in [9.17, 15) is 13.2 Å². The Balaban J connectivity index is 2.26. The van der Waals surface area contributed by atoms with Gasteiger partial charge in [0.15, 0.2) is 11.5 Å². The number of carbonyl (C=O) groups is 1. The summed E-state index contributed by atoms with van der Waals surface area (Å²) in [4.78, 5) is 12.7. The van der Waals surface area contributed by atoms with Crippen molar-refractivity contribution in [2.24, 2.45) is 5.14 Å². The van der Waals surface area contributed by atoms with Crippen LogP contribution in [0.15, 0.2) is 41.3 Å². The van der Waals surface area contributed by atoms with Gasteiger partial charge < -0.3 is 19.5 Å². The summed E-state index contributed by atoms with van der Waals surface area (Å²) in [6.45, 7) is 1.77. The third-order valence-electron chi connectivity index (χ3n) is 4.01. The number of rotatable bonds is 7. The molecule has 0 fully saturated rings. The van der Waals surface area contributed by atoms with Crippen LogP contribution in [0.25, 0.3) is 0 Å². The number of sulfonamides is 1. The minimum atomic E-state index is -3.76. The van der Waals surface area contributed by atoms with Gasteiger partial charge in [0.2, 0.25) is 10.0 Å². The van der Waals surface area contributed by atoms with E-state index < -0.39 is 10.0 Å². The average molecular weight is 394 g/mol. The molecule has 0 aliphatic heterocycles. The van der Waals surface area contributed by atoms with Crippen LogP contribution in [0.4, 0.5) is 0 Å². The second kappa shape index (κ2) is 8.28. The maximum atomic E-state index is 12.7. The Morgan fingerprint density at radius 3 is 1.96 bits per heavy atom. The van der Waals surface area contributed by atoms with Gasteiger partial charge in [0.25, 0.3) is 5.91 Å². The highest BCUT2D eigenvalue weighted by Crippen LogP contribution is 2.34. The molecule has 2 aromatic carbocycles. The fourth-order valence-electron chi connectivity index (χ4n) is 2.51. The number of benzene rings is 2. The van der Waals surface area contributed by atoms with E-state index in [4.69, 9.17) is 19.3 Å². The number of ether oxygens (including phenoxy) is 3. The third-order valence-corrected chi connectivity index (χ3v) is 4.94. The van der Waals surface area contributed by atoms with Crippen molar-refractivity contribution < 1.29 is 27.4 Å². The van der Waals surface area contributed by atoms with Crippen LogP contribution in [0.5, 0.6) is 17.2 Å². The number of amides is 1. The Bertz CT molecular complexity index is 926. The fraction of sp³-hybridized carbons (Fsp3) is 0.278. The molecule has 0 aliphatic carbocycles. The van der Waals surface area contributed by atoms with E-state index in [0.717, 1.165) is 5.56 Å². The Hall–Kier alpha value is -2.78. The summed E-state index contributed by atoms with van der Waals surface area (Å²) >= 11 is 0. The molecule has 146 valence electrons. The van der Waals surface area contributed by atoms with Gasteiger partial charge in [-0.3, -0.25) is 4.79 Å². The summed E-state index contributed by atoms with van der Waals surface area (Å²) in [5.41, 5.74) is 0.998. The first kappa shape index (κ1) is 20.5. The molecule has 1 amide bonds. The van der Waals surface area contributed by atoms with E-state index in [2.05, 4.69) is 5.32 Å². The van der Waals surface area contributed by atoms with Gasteiger partial charge in [-0.2, -0.15) is 0 Å². The first-order chi connectivity index (χ1) is 12.7. The molecule has 0 aromatic heterocycles. The smallest absolute Gasteiger partial charge is 0.255 e. The minimum absolute atomic E-state index is 0.00587. The van der Waals surface area contributed by atoms with E-state index in [-0.39, 0.29) is 22.4 Å². The number of carbonyl (C=O) groups excluding carboxylic acids is 1. The molecule has 0 heterocycles. The minimum Gasteiger partial charge on any atom is -0.496 e. The normalized spacial score (nSPS) is 12.2. The predicted octanol–water partition coefficient (Wildman–Crippen LogP) is 1.85. The Labute approximate surface area is 158 Å². The van der Waals surface area contributed by atoms with Crippen LogP contribution in [-0.2, 0) is 10.0 Å². The van der Waals surface area contributed by atoms with E-state index in [1.165, 1.54) is 39.5 Å². The molecule has 9 heteroatoms. The first-order valence-corrected chi connectivity index (χ1v) is 9.49. The van der Waals surface area contributed by atoms with Gasteiger partial charge in [0, 0.05) is 12.1 Å². The lowest BCUT2D eigenvalue weighted by atomic mass is 10.1. The monoisotopic (exact) mass is 394 g/mol. The van der Waals surface area contributed by atoms with Crippen molar-refractivity contribution in [3.8, 4) is 17.2 Å². The van der Waals surface area contributed by atoms with Crippen molar-refractivity contribution in [1.29, 1.82) is 0 Å². The summed E-state index contributed by atoms with van der Waals surface area (Å²) in [7, 11) is 0.652. The highest BCUT2D eigenvalue weighted by molar-refractivity contribution is 7.89. The molecular formula is C18H22N2O6S. The highest BCUT2D eigenvalue weighted by atomic mass is 32.2. The molecule has 2 rings (SSSR count). The quantitative estimate of drug-likeness (QED) is 0.740. The Kier molecular flexibility index (Phi) is 6.29. The summed E-state index contributed by atoms with van der Waals surface area (Å²) < 4.78 is 38.4. The molecule has 0 saturated heterocycles. The molecule has 0 unspecified atom stereocenters. The molecule has 2 aromatic rings. The summed E-state index contributed by atoms with van der Waals surface area (Å²) in [6.07, 6.45) is 0. The Morgan fingerprint density at radius 1 is 0.963 bits per heavy atom. The van der Waals surface area contributed by atoms with E-state index in [1.54, 1.807) is 25.1 Å². The third kappa shape index (κ3) is 4.69. The largest absolute Gasteiger partial charge is 0.496 e. The topological polar surface area (TPSA) is 117 Å². The Morgan fingerprint density at radius 2 is 1.48 bits per heavy atom. The fourth-order valence-corrected chi connectivity index (χ4v) is 3.03. The van der Waals surface area contributed by atoms with Crippen LogP contribution >= 0.6 is 0 Å². The molecule has 3 N–H and O–H groups in total. The number of nitrogens with one attached hydrogen (secondary N) is 1. The van der Waals surface area contributed by atoms with Gasteiger partial charge in [-0.15, -0.1) is 0 Å². The van der Waals surface area contributed by atoms with Crippen LogP contribution in [0, 0.1) is 0 Å². The van der Waals surface area contributed by atoms with Crippen LogP contribution in [0.1, 0.15) is 28.9 Å². The van der Waals surface area contributed by atoms with Crippen molar-refractivity contribution in [1.82, 2.24) is 5.32 Å². The lowest BCUT2D eigenvalue weighted by Crippen LogP contribution is -2.27. The zero-order chi connectivity index (χ0) is 20.2. The lowest BCUT2D eigenvalue weighted by Gasteiger charge is -2.17. The van der Waals surface area contributed by atoms with E-state index >= 15 is 0 Å². The van der Waals surface area contributed by atoms with Crippen LogP contribution in [0.3, 0.4) is 0 Å². The van der Waals surface area contributed by atoms with Crippen molar-refractivity contribution in [3.63, 3.8) is 0 Å². The SMILES string of the molecule is COc1cc(OC)c(C(=O)N[C@@H](C)c2ccc(S(N)(=O)=O)cc2)cc1OC. The zero-order valence-corrected chi connectivity index (χ0v) is 16.3. The second-order valence-electron chi connectivity index (χ2n) is 5.72. The molecule has 8 nitrogen and oxygen atoms in total. The van der Waals surface area contributed by atoms with Crippen molar-refractivity contribution in [2.45, 2.75) is 17.9 Å². The number of primary sulfonamides is 1. The molecular weight excluding hydrogens is 372 g/mol. The lowest BCUT2D eigenvalue weighted by molar-refractivity contribution is 0.0936. The number of hydrogen-bond acceptors (Lipinski definition) is 6. The van der Waals surface area contributed by atoms with Crippen molar-refractivity contribution in [3.05, 3.63) is 47.5 Å². The molecule has 0 radical (unpaired) electrons. The van der Waals surface area contributed by atoms with Gasteiger partial charge in [-0.25, -0.2) is 13.6 Å². The van der Waals surface area contributed by atoms with Crippen LogP contribution in [-0.4, -0.2) is 35.7 Å². The van der Waals surface area contributed by atoms with Crippen LogP contribution < -0.4 is 24.7 Å². The summed E-state index contributed by atoms with van der Waals surface area (Å²) in [5, 5.41) is 7.93. The summed E-state index contributed by atoms with van der Waals surface area (Å²) in [5.74, 6) is 0.795. The number of methoxy groups -OCH3 is 3. The summed E-state index contributed by atoms with van der Waals surface area (Å²) in [6, 6.07) is 8.69. The average Bonchev–Trinajstić information content (AvgIpc) is 2.66. The number of hydrogen-bond donors (Lipinski definition) is 2. The second-order valence-corrected chi connectivity index (χ2v) is 7.28. The molecule has 0 saturated carbocycles. The van der Waals surface area contributed by atoms with Gasteiger partial charge in [0.1, 0.15) is 5.75 Å². The molecule has 1 atom stereocenters. The van der Waals surface area contributed by atoms with Gasteiger partial charge >= 0.3 is 0 Å². The molecule has 0 aliphatic rings. The maximum Gasteiger partial charge on any atom is 0.255 e. The van der Waals surface area contributed by atoms with Gasteiger partial charge in [0.05, 0.1) is 37.8 Å². The zero-order valence-electron chi connectivity index (χ0n) is 15.5. The standard InChI is InChI=1S/C18H22N2O6S/c1-11(12-5-7-13(8-6-12)27(19,22)23)20-18(21)14-9-16(25-3)17(26-4)10-15(14)24-2/h5-11H,1-4H3,(H,20,21)(H2,19,22,23)/t11-/m0/s1. The molecule has 27 heavy (non-hydrogen) atoms. The number of nitrogens with two attached hydrogens (primary N) is 1. The van der Waals surface area contributed by atoms with Crippen molar-refractivity contribution >= 4 is 15.9 Å². The first-order valence-electron chi connectivity index (χ1n) is 7.95. The predicted molar refractivity (Wildman–Crippen MR) is 99.8 cm³/mol. The van der Waals surface area contributed by atoms with E-state index in [1.807, 2.05) is 0 Å². The molecule has 0 bridgehead atoms. The van der Waals surface area contributed by atoms with E-state index in [0.29, 0.717) is 17.2 Å². The maximum absolute atomic E-state index is 12.7. The highest BCUT2D eigenvalue weighted by Gasteiger charge is 2.20.